The molecule has 1 atom stereocenters. The largest absolute Gasteiger partial charge is 0.353 e. The Morgan fingerprint density at radius 2 is 1.86 bits per heavy atom. The van der Waals surface area contributed by atoms with Gasteiger partial charge in [0.05, 0.1) is 6.20 Å². The summed E-state index contributed by atoms with van der Waals surface area (Å²) in [6.45, 7) is 5.73. The fourth-order valence-corrected chi connectivity index (χ4v) is 4.88. The maximum absolute atomic E-state index is 12.7. The lowest BCUT2D eigenvalue weighted by Gasteiger charge is -2.39. The number of hydrogen-bond acceptors (Lipinski definition) is 5. The molecule has 22 heavy (non-hydrogen) atoms. The number of aromatic nitrogens is 2. The van der Waals surface area contributed by atoms with Crippen LogP contribution < -0.4 is 4.90 Å². The van der Waals surface area contributed by atoms with Gasteiger partial charge in [0.15, 0.2) is 0 Å². The topological polar surface area (TPSA) is 69.6 Å². The van der Waals surface area contributed by atoms with Gasteiger partial charge in [-0.05, 0) is 18.8 Å². The summed E-state index contributed by atoms with van der Waals surface area (Å²) in [6, 6.07) is 0. The lowest BCUT2D eigenvalue weighted by Crippen LogP contribution is -2.54. The van der Waals surface area contributed by atoms with E-state index in [4.69, 9.17) is 0 Å². The van der Waals surface area contributed by atoms with E-state index in [0.29, 0.717) is 45.2 Å². The first kappa shape index (κ1) is 15.6. The number of hydrogen-bond donors (Lipinski definition) is 0. The standard InChI is InChI=1S/C14H23N5O2S/c1-13-3-2-6-19(12-13)22(20,21)18-9-7-17(8-10-18)14-11-15-4-5-16-14/h4-5,11,13H,2-3,6-10,12H2,1H3. The smallest absolute Gasteiger partial charge is 0.282 e. The first-order valence-electron chi connectivity index (χ1n) is 7.83. The first-order valence-corrected chi connectivity index (χ1v) is 9.23. The van der Waals surface area contributed by atoms with Crippen LogP contribution in [0.5, 0.6) is 0 Å². The van der Waals surface area contributed by atoms with Crippen molar-refractivity contribution in [1.82, 2.24) is 18.6 Å². The van der Waals surface area contributed by atoms with Crippen molar-refractivity contribution in [2.75, 3.05) is 44.2 Å². The van der Waals surface area contributed by atoms with E-state index in [9.17, 15) is 8.42 Å². The predicted molar refractivity (Wildman–Crippen MR) is 84.7 cm³/mol. The van der Waals surface area contributed by atoms with Crippen LogP contribution in [0.4, 0.5) is 5.82 Å². The molecule has 2 aliphatic rings. The number of piperazine rings is 1. The molecule has 122 valence electrons. The van der Waals surface area contributed by atoms with Crippen LogP contribution >= 0.6 is 0 Å². The molecular formula is C14H23N5O2S. The van der Waals surface area contributed by atoms with Crippen molar-refractivity contribution in [2.24, 2.45) is 5.92 Å². The number of piperidine rings is 1. The third-order valence-corrected chi connectivity index (χ3v) is 6.39. The Hall–Kier alpha value is -1.25. The van der Waals surface area contributed by atoms with Gasteiger partial charge in [-0.1, -0.05) is 6.92 Å². The lowest BCUT2D eigenvalue weighted by molar-refractivity contribution is 0.254. The number of anilines is 1. The molecule has 2 fully saturated rings. The maximum Gasteiger partial charge on any atom is 0.282 e. The first-order chi connectivity index (χ1) is 10.6. The van der Waals surface area contributed by atoms with E-state index < -0.39 is 10.2 Å². The average Bonchev–Trinajstić information content (AvgIpc) is 2.56. The normalized spacial score (nSPS) is 25.3. The minimum absolute atomic E-state index is 0.449. The summed E-state index contributed by atoms with van der Waals surface area (Å²) in [4.78, 5) is 10.4. The van der Waals surface area contributed by atoms with Gasteiger partial charge in [-0.25, -0.2) is 4.98 Å². The second kappa shape index (κ2) is 6.47. The van der Waals surface area contributed by atoms with Crippen molar-refractivity contribution >= 4 is 16.0 Å². The third kappa shape index (κ3) is 3.23. The van der Waals surface area contributed by atoms with Crippen LogP contribution in [0.2, 0.25) is 0 Å². The molecule has 0 aliphatic carbocycles. The molecule has 0 spiro atoms. The molecule has 2 aliphatic heterocycles. The molecule has 3 heterocycles. The molecule has 2 saturated heterocycles. The zero-order chi connectivity index (χ0) is 15.6. The SMILES string of the molecule is CC1CCCN(S(=O)(=O)N2CCN(c3cnccn3)CC2)C1. The van der Waals surface area contributed by atoms with Gasteiger partial charge in [0.25, 0.3) is 10.2 Å². The van der Waals surface area contributed by atoms with Gasteiger partial charge < -0.3 is 4.90 Å². The third-order valence-electron chi connectivity index (χ3n) is 4.38. The molecule has 8 heteroatoms. The summed E-state index contributed by atoms with van der Waals surface area (Å²) in [6.07, 6.45) is 7.10. The molecular weight excluding hydrogens is 302 g/mol. The Bertz CT molecular complexity index is 587. The van der Waals surface area contributed by atoms with Gasteiger partial charge in [-0.15, -0.1) is 0 Å². The predicted octanol–water partition coefficient (Wildman–Crippen LogP) is 0.575. The van der Waals surface area contributed by atoms with Crippen LogP contribution in [0.25, 0.3) is 0 Å². The Kier molecular flexibility index (Phi) is 4.60. The highest BCUT2D eigenvalue weighted by atomic mass is 32.2. The molecule has 0 N–H and O–H groups in total. The van der Waals surface area contributed by atoms with Crippen LogP contribution in [0, 0.1) is 5.92 Å². The van der Waals surface area contributed by atoms with Gasteiger partial charge >= 0.3 is 0 Å². The van der Waals surface area contributed by atoms with Crippen LogP contribution in [0.1, 0.15) is 19.8 Å². The Morgan fingerprint density at radius 1 is 1.09 bits per heavy atom. The summed E-state index contributed by atoms with van der Waals surface area (Å²) >= 11 is 0. The Morgan fingerprint density at radius 3 is 2.50 bits per heavy atom. The average molecular weight is 325 g/mol. The highest BCUT2D eigenvalue weighted by Gasteiger charge is 2.34. The van der Waals surface area contributed by atoms with Crippen molar-refractivity contribution in [3.05, 3.63) is 18.6 Å². The molecule has 0 saturated carbocycles. The summed E-state index contributed by atoms with van der Waals surface area (Å²) in [5, 5.41) is 0. The highest BCUT2D eigenvalue weighted by Crippen LogP contribution is 2.22. The molecule has 1 unspecified atom stereocenters. The van der Waals surface area contributed by atoms with Crippen molar-refractivity contribution in [3.8, 4) is 0 Å². The number of nitrogens with zero attached hydrogens (tertiary/aromatic N) is 5. The molecule has 0 amide bonds. The van der Waals surface area contributed by atoms with Crippen LogP contribution in [0.15, 0.2) is 18.6 Å². The quantitative estimate of drug-likeness (QED) is 0.813. The minimum atomic E-state index is -3.32. The van der Waals surface area contributed by atoms with Crippen LogP contribution in [0.3, 0.4) is 0 Å². The highest BCUT2D eigenvalue weighted by molar-refractivity contribution is 7.86. The van der Waals surface area contributed by atoms with Crippen LogP contribution in [-0.4, -0.2) is 66.3 Å². The van der Waals surface area contributed by atoms with Gasteiger partial charge in [0, 0.05) is 51.7 Å². The van der Waals surface area contributed by atoms with E-state index in [2.05, 4.69) is 21.8 Å². The van der Waals surface area contributed by atoms with Gasteiger partial charge in [-0.2, -0.15) is 17.0 Å². The lowest BCUT2D eigenvalue weighted by atomic mass is 10.0. The zero-order valence-corrected chi connectivity index (χ0v) is 13.7. The fraction of sp³-hybridized carbons (Fsp3) is 0.714. The minimum Gasteiger partial charge on any atom is -0.353 e. The monoisotopic (exact) mass is 325 g/mol. The van der Waals surface area contributed by atoms with E-state index in [-0.39, 0.29) is 0 Å². The van der Waals surface area contributed by atoms with Gasteiger partial charge in [-0.3, -0.25) is 4.98 Å². The van der Waals surface area contributed by atoms with E-state index in [1.807, 2.05) is 0 Å². The van der Waals surface area contributed by atoms with E-state index in [1.54, 1.807) is 27.2 Å². The maximum atomic E-state index is 12.7. The molecule has 0 aromatic carbocycles. The van der Waals surface area contributed by atoms with E-state index >= 15 is 0 Å². The summed E-state index contributed by atoms with van der Waals surface area (Å²) < 4.78 is 28.7. The van der Waals surface area contributed by atoms with Crippen molar-refractivity contribution < 1.29 is 8.42 Å². The molecule has 1 aromatic rings. The zero-order valence-electron chi connectivity index (χ0n) is 12.9. The van der Waals surface area contributed by atoms with Crippen molar-refractivity contribution in [1.29, 1.82) is 0 Å². The molecule has 1 aromatic heterocycles. The summed E-state index contributed by atoms with van der Waals surface area (Å²) in [7, 11) is -3.32. The molecule has 0 radical (unpaired) electrons. The fourth-order valence-electron chi connectivity index (χ4n) is 3.12. The second-order valence-corrected chi connectivity index (χ2v) is 7.99. The van der Waals surface area contributed by atoms with Gasteiger partial charge in [0.2, 0.25) is 0 Å². The Labute approximate surface area is 132 Å². The number of rotatable bonds is 3. The second-order valence-electron chi connectivity index (χ2n) is 6.06. The van der Waals surface area contributed by atoms with Crippen molar-refractivity contribution in [3.63, 3.8) is 0 Å². The molecule has 0 bridgehead atoms. The molecule has 7 nitrogen and oxygen atoms in total. The summed E-state index contributed by atoms with van der Waals surface area (Å²) in [5.74, 6) is 1.26. The summed E-state index contributed by atoms with van der Waals surface area (Å²) in [5.41, 5.74) is 0. The Balaban J connectivity index is 1.63. The van der Waals surface area contributed by atoms with Crippen LogP contribution in [-0.2, 0) is 10.2 Å². The molecule has 3 rings (SSSR count). The van der Waals surface area contributed by atoms with Gasteiger partial charge in [0.1, 0.15) is 5.82 Å². The van der Waals surface area contributed by atoms with Crippen molar-refractivity contribution in [2.45, 2.75) is 19.8 Å². The van der Waals surface area contributed by atoms with E-state index in [0.717, 1.165) is 18.7 Å². The van der Waals surface area contributed by atoms with E-state index in [1.165, 1.54) is 0 Å².